The van der Waals surface area contributed by atoms with Crippen LogP contribution in [-0.2, 0) is 23.6 Å². The first kappa shape index (κ1) is 14.3. The third kappa shape index (κ3) is 3.06. The molecule has 0 atom stereocenters. The smallest absolute Gasteiger partial charge is 0.352 e. The van der Waals surface area contributed by atoms with Gasteiger partial charge in [0, 0.05) is 19.8 Å². The molecule has 0 amide bonds. The van der Waals surface area contributed by atoms with E-state index in [1.165, 1.54) is 17.8 Å². The average Bonchev–Trinajstić information content (AvgIpc) is 2.81. The lowest BCUT2D eigenvalue weighted by Crippen LogP contribution is -2.22. The number of benzene rings is 1. The molecule has 1 heterocycles. The zero-order valence-corrected chi connectivity index (χ0v) is 11.6. The van der Waals surface area contributed by atoms with E-state index in [4.69, 9.17) is 5.11 Å². The maximum atomic E-state index is 12.1. The number of hydrogen-bond acceptors (Lipinski definition) is 3. The summed E-state index contributed by atoms with van der Waals surface area (Å²) in [7, 11) is -2.24. The van der Waals surface area contributed by atoms with E-state index in [9.17, 15) is 13.2 Å². The Bertz CT molecular complexity index is 720. The Morgan fingerprint density at radius 3 is 2.50 bits per heavy atom. The van der Waals surface area contributed by atoms with E-state index in [1.54, 1.807) is 12.1 Å². The summed E-state index contributed by atoms with van der Waals surface area (Å²) in [5, 5.41) is 8.92. The van der Waals surface area contributed by atoms with Gasteiger partial charge < -0.3 is 9.67 Å². The van der Waals surface area contributed by atoms with Crippen LogP contribution in [-0.4, -0.2) is 24.1 Å². The molecule has 106 valence electrons. The van der Waals surface area contributed by atoms with Crippen LogP contribution in [0.4, 0.5) is 0 Å². The second kappa shape index (κ2) is 5.48. The topological polar surface area (TPSA) is 88.4 Å². The minimum absolute atomic E-state index is 0.0617. The molecule has 0 bridgehead atoms. The van der Waals surface area contributed by atoms with Gasteiger partial charge >= 0.3 is 5.97 Å². The minimum Gasteiger partial charge on any atom is -0.477 e. The number of sulfonamides is 1. The van der Waals surface area contributed by atoms with E-state index in [2.05, 4.69) is 4.72 Å². The molecule has 6 nitrogen and oxygen atoms in total. The first-order chi connectivity index (χ1) is 9.40. The first-order valence-electron chi connectivity index (χ1n) is 5.83. The van der Waals surface area contributed by atoms with Gasteiger partial charge in [-0.05, 0) is 11.6 Å². The first-order valence-corrected chi connectivity index (χ1v) is 7.32. The molecule has 0 aliphatic rings. The standard InChI is InChI=1S/C13H14N2O4S/c1-15-9-11(7-12(15)13(16)17)20(18,19)14-8-10-5-3-2-4-6-10/h2-7,9,14H,8H2,1H3,(H,16,17). The molecule has 0 saturated carbocycles. The van der Waals surface area contributed by atoms with Crippen LogP contribution >= 0.6 is 0 Å². The summed E-state index contributed by atoms with van der Waals surface area (Å²) in [4.78, 5) is 10.8. The second-order valence-electron chi connectivity index (χ2n) is 4.29. The van der Waals surface area contributed by atoms with Crippen molar-refractivity contribution >= 4 is 16.0 Å². The number of carboxylic acids is 1. The number of carboxylic acid groups (broad SMARTS) is 1. The van der Waals surface area contributed by atoms with E-state index in [-0.39, 0.29) is 17.1 Å². The number of nitrogens with one attached hydrogen (secondary N) is 1. The molecule has 20 heavy (non-hydrogen) atoms. The van der Waals surface area contributed by atoms with Gasteiger partial charge in [-0.1, -0.05) is 30.3 Å². The number of hydrogen-bond donors (Lipinski definition) is 2. The molecule has 2 rings (SSSR count). The van der Waals surface area contributed by atoms with Crippen LogP contribution in [0.15, 0.2) is 47.5 Å². The van der Waals surface area contributed by atoms with Gasteiger partial charge in [-0.2, -0.15) is 0 Å². The molecule has 0 aliphatic heterocycles. The Hall–Kier alpha value is -2.12. The molecule has 7 heteroatoms. The lowest BCUT2D eigenvalue weighted by molar-refractivity contribution is 0.0686. The molecule has 0 fully saturated rings. The molecule has 2 aromatic rings. The molecular weight excluding hydrogens is 280 g/mol. The quantitative estimate of drug-likeness (QED) is 0.867. The van der Waals surface area contributed by atoms with E-state index in [0.29, 0.717) is 0 Å². The van der Waals surface area contributed by atoms with Crippen molar-refractivity contribution < 1.29 is 18.3 Å². The van der Waals surface area contributed by atoms with E-state index >= 15 is 0 Å². The van der Waals surface area contributed by atoms with Crippen LogP contribution in [0.1, 0.15) is 16.1 Å². The van der Waals surface area contributed by atoms with Gasteiger partial charge in [0.25, 0.3) is 0 Å². The van der Waals surface area contributed by atoms with Crippen molar-refractivity contribution in [1.29, 1.82) is 0 Å². The fourth-order valence-electron chi connectivity index (χ4n) is 1.75. The number of aromatic nitrogens is 1. The number of rotatable bonds is 5. The van der Waals surface area contributed by atoms with Crippen molar-refractivity contribution in [2.24, 2.45) is 7.05 Å². The van der Waals surface area contributed by atoms with Crippen molar-refractivity contribution in [1.82, 2.24) is 9.29 Å². The molecule has 0 saturated heterocycles. The van der Waals surface area contributed by atoms with Gasteiger partial charge in [-0.15, -0.1) is 0 Å². The predicted molar refractivity (Wildman–Crippen MR) is 72.8 cm³/mol. The minimum atomic E-state index is -3.73. The Labute approximate surface area is 116 Å². The maximum absolute atomic E-state index is 12.1. The predicted octanol–water partition coefficient (Wildman–Crippen LogP) is 1.20. The molecule has 1 aromatic carbocycles. The van der Waals surface area contributed by atoms with Gasteiger partial charge in [0.15, 0.2) is 0 Å². The summed E-state index contributed by atoms with van der Waals surface area (Å²) < 4.78 is 27.9. The largest absolute Gasteiger partial charge is 0.477 e. The van der Waals surface area contributed by atoms with Crippen LogP contribution in [0, 0.1) is 0 Å². The van der Waals surface area contributed by atoms with Gasteiger partial charge in [0.05, 0.1) is 0 Å². The van der Waals surface area contributed by atoms with Crippen molar-refractivity contribution in [3.8, 4) is 0 Å². The van der Waals surface area contributed by atoms with Gasteiger partial charge in [0.2, 0.25) is 10.0 Å². The molecule has 1 aromatic heterocycles. The number of aromatic carboxylic acids is 1. The molecule has 0 spiro atoms. The van der Waals surface area contributed by atoms with Gasteiger partial charge in [-0.25, -0.2) is 17.9 Å². The molecular formula is C13H14N2O4S. The molecule has 0 aliphatic carbocycles. The van der Waals surface area contributed by atoms with E-state index < -0.39 is 16.0 Å². The highest BCUT2D eigenvalue weighted by Crippen LogP contribution is 2.14. The average molecular weight is 294 g/mol. The van der Waals surface area contributed by atoms with Crippen molar-refractivity contribution in [2.45, 2.75) is 11.4 Å². The summed E-state index contributed by atoms with van der Waals surface area (Å²) >= 11 is 0. The third-order valence-corrected chi connectivity index (χ3v) is 4.19. The highest BCUT2D eigenvalue weighted by atomic mass is 32.2. The monoisotopic (exact) mass is 294 g/mol. The Morgan fingerprint density at radius 1 is 1.30 bits per heavy atom. The highest BCUT2D eigenvalue weighted by molar-refractivity contribution is 7.89. The van der Waals surface area contributed by atoms with Crippen LogP contribution in [0.3, 0.4) is 0 Å². The zero-order valence-electron chi connectivity index (χ0n) is 10.8. The van der Waals surface area contributed by atoms with Gasteiger partial charge in [0.1, 0.15) is 10.6 Å². The normalized spacial score (nSPS) is 11.4. The van der Waals surface area contributed by atoms with E-state index in [1.807, 2.05) is 18.2 Å². The zero-order chi connectivity index (χ0) is 14.8. The fourth-order valence-corrected chi connectivity index (χ4v) is 2.84. The van der Waals surface area contributed by atoms with Crippen molar-refractivity contribution in [2.75, 3.05) is 0 Å². The second-order valence-corrected chi connectivity index (χ2v) is 6.05. The third-order valence-electron chi connectivity index (χ3n) is 2.82. The van der Waals surface area contributed by atoms with E-state index in [0.717, 1.165) is 11.6 Å². The summed E-state index contributed by atoms with van der Waals surface area (Å²) in [6.45, 7) is 0.153. The van der Waals surface area contributed by atoms with Crippen LogP contribution in [0.5, 0.6) is 0 Å². The molecule has 2 N–H and O–H groups in total. The van der Waals surface area contributed by atoms with Crippen molar-refractivity contribution in [3.63, 3.8) is 0 Å². The summed E-state index contributed by atoms with van der Waals surface area (Å²) in [5.41, 5.74) is 0.746. The lowest BCUT2D eigenvalue weighted by atomic mass is 10.2. The van der Waals surface area contributed by atoms with Gasteiger partial charge in [-0.3, -0.25) is 0 Å². The lowest BCUT2D eigenvalue weighted by Gasteiger charge is -2.04. The number of aryl methyl sites for hydroxylation is 1. The number of nitrogens with zero attached hydrogens (tertiary/aromatic N) is 1. The summed E-state index contributed by atoms with van der Waals surface area (Å²) in [6.07, 6.45) is 1.27. The van der Waals surface area contributed by atoms with Crippen LogP contribution in [0.25, 0.3) is 0 Å². The Morgan fingerprint density at radius 2 is 1.95 bits per heavy atom. The SMILES string of the molecule is Cn1cc(S(=O)(=O)NCc2ccccc2)cc1C(=O)O. The molecule has 0 radical (unpaired) electrons. The number of carbonyl (C=O) groups is 1. The highest BCUT2D eigenvalue weighted by Gasteiger charge is 2.19. The Balaban J connectivity index is 2.18. The van der Waals surface area contributed by atoms with Crippen molar-refractivity contribution in [3.05, 3.63) is 53.9 Å². The Kier molecular flexibility index (Phi) is 3.91. The summed E-state index contributed by atoms with van der Waals surface area (Å²) in [5.74, 6) is -1.17. The van der Waals surface area contributed by atoms with Crippen LogP contribution < -0.4 is 4.72 Å². The fraction of sp³-hybridized carbons (Fsp3) is 0.154. The summed E-state index contributed by atoms with van der Waals surface area (Å²) in [6, 6.07) is 10.2. The maximum Gasteiger partial charge on any atom is 0.352 e. The molecule has 0 unspecified atom stereocenters. The van der Waals surface area contributed by atoms with Crippen LogP contribution in [0.2, 0.25) is 0 Å².